The van der Waals surface area contributed by atoms with Crippen molar-refractivity contribution in [2.45, 2.75) is 32.7 Å². The van der Waals surface area contributed by atoms with Gasteiger partial charge in [0.2, 0.25) is 15.9 Å². The van der Waals surface area contributed by atoms with Gasteiger partial charge in [-0.25, -0.2) is 8.42 Å². The maximum atomic E-state index is 13.2. The highest BCUT2D eigenvalue weighted by Gasteiger charge is 2.34. The largest absolute Gasteiger partial charge is 0.330 e. The standard InChI is InChI=1S/C20H26N2O3S2/c1-4-11-21(27(3,24)25)14-19(23)22-12-9-18-17(10-13-26-18)20(22)16-8-6-5-7-15(16)2/h5-8,10,13,20H,4,9,11-12,14H2,1-3H3/t20-/m1/s1. The number of carbonyl (C=O) groups is 1. The average molecular weight is 407 g/mol. The Kier molecular flexibility index (Phi) is 6.03. The number of aryl methyl sites for hydroxylation is 1. The summed E-state index contributed by atoms with van der Waals surface area (Å²) in [6, 6.07) is 10.0. The van der Waals surface area contributed by atoms with Crippen LogP contribution in [0.15, 0.2) is 35.7 Å². The molecule has 146 valence electrons. The summed E-state index contributed by atoms with van der Waals surface area (Å²) in [7, 11) is -3.41. The third-order valence-corrected chi connectivity index (χ3v) is 7.27. The predicted molar refractivity (Wildman–Crippen MR) is 109 cm³/mol. The average Bonchev–Trinajstić information content (AvgIpc) is 3.09. The van der Waals surface area contributed by atoms with Crippen LogP contribution in [0.1, 0.15) is 41.0 Å². The van der Waals surface area contributed by atoms with Crippen LogP contribution in [0.5, 0.6) is 0 Å². The highest BCUT2D eigenvalue weighted by molar-refractivity contribution is 7.88. The van der Waals surface area contributed by atoms with E-state index in [0.717, 1.165) is 23.1 Å². The topological polar surface area (TPSA) is 57.7 Å². The number of thiophene rings is 1. The van der Waals surface area contributed by atoms with Crippen LogP contribution >= 0.6 is 11.3 Å². The lowest BCUT2D eigenvalue weighted by Gasteiger charge is -2.38. The molecular formula is C20H26N2O3S2. The molecule has 1 aromatic heterocycles. The molecule has 5 nitrogen and oxygen atoms in total. The molecule has 0 spiro atoms. The first kappa shape index (κ1) is 20.0. The zero-order chi connectivity index (χ0) is 19.6. The summed E-state index contributed by atoms with van der Waals surface area (Å²) < 4.78 is 25.4. The lowest BCUT2D eigenvalue weighted by Crippen LogP contribution is -2.46. The second-order valence-corrected chi connectivity index (χ2v) is 9.98. The number of amides is 1. The molecule has 27 heavy (non-hydrogen) atoms. The fourth-order valence-electron chi connectivity index (χ4n) is 3.67. The fourth-order valence-corrected chi connectivity index (χ4v) is 5.43. The molecule has 1 amide bonds. The number of sulfonamides is 1. The minimum Gasteiger partial charge on any atom is -0.330 e. The summed E-state index contributed by atoms with van der Waals surface area (Å²) >= 11 is 1.73. The van der Waals surface area contributed by atoms with E-state index < -0.39 is 10.0 Å². The monoisotopic (exact) mass is 406 g/mol. The summed E-state index contributed by atoms with van der Waals surface area (Å²) in [5.41, 5.74) is 3.40. The van der Waals surface area contributed by atoms with E-state index in [9.17, 15) is 13.2 Å². The van der Waals surface area contributed by atoms with Crippen LogP contribution in [-0.4, -0.2) is 49.4 Å². The van der Waals surface area contributed by atoms with Gasteiger partial charge in [0, 0.05) is 18.0 Å². The SMILES string of the molecule is CCCN(CC(=O)N1CCc2sccc2[C@H]1c1ccccc1C)S(C)(=O)=O. The number of rotatable bonds is 6. The second kappa shape index (κ2) is 8.12. The maximum absolute atomic E-state index is 13.2. The van der Waals surface area contributed by atoms with Crippen LogP contribution in [-0.2, 0) is 21.2 Å². The Morgan fingerprint density at radius 3 is 2.67 bits per heavy atom. The van der Waals surface area contributed by atoms with E-state index in [2.05, 4.69) is 30.5 Å². The molecule has 1 aliphatic rings. The third kappa shape index (κ3) is 4.25. The van der Waals surface area contributed by atoms with Crippen LogP contribution < -0.4 is 0 Å². The third-order valence-electron chi connectivity index (χ3n) is 5.02. The Morgan fingerprint density at radius 2 is 2.00 bits per heavy atom. The Balaban J connectivity index is 1.96. The molecular weight excluding hydrogens is 380 g/mol. The highest BCUT2D eigenvalue weighted by Crippen LogP contribution is 2.39. The first-order chi connectivity index (χ1) is 12.8. The van der Waals surface area contributed by atoms with Gasteiger partial charge in [0.05, 0.1) is 18.8 Å². The summed E-state index contributed by atoms with van der Waals surface area (Å²) in [6.45, 7) is 4.83. The molecule has 0 saturated carbocycles. The minimum absolute atomic E-state index is 0.103. The van der Waals surface area contributed by atoms with Crippen molar-refractivity contribution in [1.82, 2.24) is 9.21 Å². The zero-order valence-electron chi connectivity index (χ0n) is 16.0. The smallest absolute Gasteiger partial charge is 0.238 e. The second-order valence-electron chi connectivity index (χ2n) is 6.99. The van der Waals surface area contributed by atoms with Crippen LogP contribution in [0, 0.1) is 6.92 Å². The quantitative estimate of drug-likeness (QED) is 0.740. The molecule has 0 N–H and O–H groups in total. The van der Waals surface area contributed by atoms with E-state index in [1.54, 1.807) is 11.3 Å². The van der Waals surface area contributed by atoms with E-state index in [1.807, 2.05) is 24.0 Å². The van der Waals surface area contributed by atoms with Gasteiger partial charge in [0.1, 0.15) is 0 Å². The number of hydrogen-bond donors (Lipinski definition) is 0. The minimum atomic E-state index is -3.41. The van der Waals surface area contributed by atoms with Crippen LogP contribution in [0.4, 0.5) is 0 Å². The van der Waals surface area contributed by atoms with Gasteiger partial charge < -0.3 is 4.90 Å². The Morgan fingerprint density at radius 1 is 1.26 bits per heavy atom. The number of hydrogen-bond acceptors (Lipinski definition) is 4. The highest BCUT2D eigenvalue weighted by atomic mass is 32.2. The summed E-state index contributed by atoms with van der Waals surface area (Å²) in [5, 5.41) is 2.07. The van der Waals surface area contributed by atoms with E-state index in [4.69, 9.17) is 0 Å². The van der Waals surface area contributed by atoms with Gasteiger partial charge in [0.25, 0.3) is 0 Å². The van der Waals surface area contributed by atoms with Crippen molar-refractivity contribution >= 4 is 27.3 Å². The number of nitrogens with zero attached hydrogens (tertiary/aromatic N) is 2. The van der Waals surface area contributed by atoms with Crippen molar-refractivity contribution in [3.63, 3.8) is 0 Å². The van der Waals surface area contributed by atoms with Gasteiger partial charge >= 0.3 is 0 Å². The maximum Gasteiger partial charge on any atom is 0.238 e. The Bertz CT molecular complexity index is 921. The van der Waals surface area contributed by atoms with Crippen molar-refractivity contribution in [3.05, 3.63) is 57.3 Å². The molecule has 1 atom stereocenters. The summed E-state index contributed by atoms with van der Waals surface area (Å²) in [5.74, 6) is -0.140. The Hall–Kier alpha value is -1.70. The van der Waals surface area contributed by atoms with Crippen molar-refractivity contribution in [1.29, 1.82) is 0 Å². The number of carbonyl (C=O) groups excluding carboxylic acids is 1. The van der Waals surface area contributed by atoms with Crippen molar-refractivity contribution in [2.24, 2.45) is 0 Å². The molecule has 1 aromatic carbocycles. The predicted octanol–water partition coefficient (Wildman–Crippen LogP) is 3.20. The molecule has 0 aliphatic carbocycles. The lowest BCUT2D eigenvalue weighted by atomic mass is 9.90. The van der Waals surface area contributed by atoms with Crippen molar-refractivity contribution in [2.75, 3.05) is 25.9 Å². The first-order valence-electron chi connectivity index (χ1n) is 9.19. The van der Waals surface area contributed by atoms with E-state index in [0.29, 0.717) is 19.5 Å². The van der Waals surface area contributed by atoms with Crippen LogP contribution in [0.3, 0.4) is 0 Å². The van der Waals surface area contributed by atoms with Crippen molar-refractivity contribution in [3.8, 4) is 0 Å². The molecule has 2 heterocycles. The fraction of sp³-hybridized carbons (Fsp3) is 0.450. The molecule has 2 aromatic rings. The molecule has 0 radical (unpaired) electrons. The molecule has 0 unspecified atom stereocenters. The Labute approximate surface area is 165 Å². The lowest BCUT2D eigenvalue weighted by molar-refractivity contribution is -0.133. The first-order valence-corrected chi connectivity index (χ1v) is 11.9. The molecule has 1 aliphatic heterocycles. The molecule has 0 bridgehead atoms. The van der Waals surface area contributed by atoms with Gasteiger partial charge in [0.15, 0.2) is 0 Å². The normalized spacial score (nSPS) is 17.2. The van der Waals surface area contributed by atoms with Crippen LogP contribution in [0.25, 0.3) is 0 Å². The molecule has 3 rings (SSSR count). The number of benzene rings is 1. The van der Waals surface area contributed by atoms with E-state index in [1.165, 1.54) is 15.4 Å². The van der Waals surface area contributed by atoms with Gasteiger partial charge in [-0.3, -0.25) is 4.79 Å². The summed E-state index contributed by atoms with van der Waals surface area (Å²) in [6.07, 6.45) is 2.66. The van der Waals surface area contributed by atoms with E-state index in [-0.39, 0.29) is 18.5 Å². The zero-order valence-corrected chi connectivity index (χ0v) is 17.6. The van der Waals surface area contributed by atoms with E-state index >= 15 is 0 Å². The number of fused-ring (bicyclic) bond motifs is 1. The van der Waals surface area contributed by atoms with Gasteiger partial charge in [-0.15, -0.1) is 11.3 Å². The molecule has 7 heteroatoms. The van der Waals surface area contributed by atoms with Gasteiger partial charge in [-0.05, 0) is 47.9 Å². The van der Waals surface area contributed by atoms with Gasteiger partial charge in [-0.2, -0.15) is 4.31 Å². The van der Waals surface area contributed by atoms with Crippen LogP contribution in [0.2, 0.25) is 0 Å². The molecule has 0 saturated heterocycles. The molecule has 0 fully saturated rings. The van der Waals surface area contributed by atoms with Crippen molar-refractivity contribution < 1.29 is 13.2 Å². The van der Waals surface area contributed by atoms with Gasteiger partial charge in [-0.1, -0.05) is 31.2 Å². The summed E-state index contributed by atoms with van der Waals surface area (Å²) in [4.78, 5) is 16.3.